The van der Waals surface area contributed by atoms with Crippen LogP contribution in [0.25, 0.3) is 0 Å². The molecule has 1 aliphatic rings. The summed E-state index contributed by atoms with van der Waals surface area (Å²) in [6.45, 7) is 8.04. The van der Waals surface area contributed by atoms with Crippen molar-refractivity contribution in [2.24, 2.45) is 0 Å². The molecule has 0 radical (unpaired) electrons. The standard InChI is InChI=1S/C15H26N4O/c1-4-10-20-15-13(16)6-7-14(17-15)19-9-8-18(3)12(5-2)11-19/h6-7,12H,4-5,8-11,16H2,1-3H3. The first kappa shape index (κ1) is 14.9. The molecule has 0 bridgehead atoms. The second-order valence-corrected chi connectivity index (χ2v) is 5.40. The second-order valence-electron chi connectivity index (χ2n) is 5.40. The fourth-order valence-corrected chi connectivity index (χ4v) is 2.53. The van der Waals surface area contributed by atoms with Crippen LogP contribution in [0.4, 0.5) is 11.5 Å². The Morgan fingerprint density at radius 3 is 2.85 bits per heavy atom. The predicted octanol–water partition coefficient (Wildman–Crippen LogP) is 1.98. The van der Waals surface area contributed by atoms with E-state index >= 15 is 0 Å². The number of piperazine rings is 1. The van der Waals surface area contributed by atoms with Crippen molar-refractivity contribution in [1.29, 1.82) is 0 Å². The van der Waals surface area contributed by atoms with Crippen LogP contribution in [0.1, 0.15) is 26.7 Å². The lowest BCUT2D eigenvalue weighted by atomic mass is 10.1. The van der Waals surface area contributed by atoms with Gasteiger partial charge in [0.25, 0.3) is 0 Å². The summed E-state index contributed by atoms with van der Waals surface area (Å²) in [6.07, 6.45) is 2.11. The molecule has 1 fully saturated rings. The van der Waals surface area contributed by atoms with Crippen LogP contribution in [-0.4, -0.2) is 49.2 Å². The highest BCUT2D eigenvalue weighted by atomic mass is 16.5. The minimum atomic E-state index is 0.566. The number of rotatable bonds is 5. The van der Waals surface area contributed by atoms with E-state index in [1.807, 2.05) is 12.1 Å². The zero-order valence-corrected chi connectivity index (χ0v) is 12.8. The molecule has 1 aliphatic heterocycles. The van der Waals surface area contributed by atoms with Gasteiger partial charge in [0, 0.05) is 25.7 Å². The second kappa shape index (κ2) is 6.79. The lowest BCUT2D eigenvalue weighted by molar-refractivity contribution is 0.212. The molecule has 0 aromatic carbocycles. The van der Waals surface area contributed by atoms with E-state index < -0.39 is 0 Å². The molecular weight excluding hydrogens is 252 g/mol. The minimum absolute atomic E-state index is 0.566. The molecule has 1 aromatic heterocycles. The molecule has 2 rings (SSSR count). The van der Waals surface area contributed by atoms with E-state index in [4.69, 9.17) is 10.5 Å². The number of nitrogens with two attached hydrogens (primary N) is 1. The number of pyridine rings is 1. The first-order valence-corrected chi connectivity index (χ1v) is 7.50. The van der Waals surface area contributed by atoms with E-state index in [1.165, 1.54) is 0 Å². The topological polar surface area (TPSA) is 54.6 Å². The Morgan fingerprint density at radius 2 is 2.15 bits per heavy atom. The normalized spacial score (nSPS) is 20.1. The number of ether oxygens (including phenoxy) is 1. The van der Waals surface area contributed by atoms with E-state index in [-0.39, 0.29) is 0 Å². The molecule has 5 heteroatoms. The summed E-state index contributed by atoms with van der Waals surface area (Å²) in [5.74, 6) is 1.54. The van der Waals surface area contributed by atoms with Gasteiger partial charge in [-0.05, 0) is 32.0 Å². The monoisotopic (exact) mass is 278 g/mol. The van der Waals surface area contributed by atoms with Crippen molar-refractivity contribution in [3.63, 3.8) is 0 Å². The van der Waals surface area contributed by atoms with Crippen molar-refractivity contribution < 1.29 is 4.74 Å². The number of nitrogens with zero attached hydrogens (tertiary/aromatic N) is 3. The van der Waals surface area contributed by atoms with Crippen molar-refractivity contribution >= 4 is 11.5 Å². The van der Waals surface area contributed by atoms with Gasteiger partial charge in [0.15, 0.2) is 0 Å². The Morgan fingerprint density at radius 1 is 1.35 bits per heavy atom. The Balaban J connectivity index is 2.12. The van der Waals surface area contributed by atoms with Crippen LogP contribution in [0.3, 0.4) is 0 Å². The predicted molar refractivity (Wildman–Crippen MR) is 83.4 cm³/mol. The molecule has 1 saturated heterocycles. The summed E-state index contributed by atoms with van der Waals surface area (Å²) in [4.78, 5) is 9.33. The Labute approximate surface area is 121 Å². The summed E-state index contributed by atoms with van der Waals surface area (Å²) in [5, 5.41) is 0. The van der Waals surface area contributed by atoms with Gasteiger partial charge in [0.2, 0.25) is 5.88 Å². The Hall–Kier alpha value is -1.49. The third kappa shape index (κ3) is 3.33. The molecule has 0 amide bonds. The van der Waals surface area contributed by atoms with Gasteiger partial charge in [-0.3, -0.25) is 4.90 Å². The average Bonchev–Trinajstić information content (AvgIpc) is 2.47. The summed E-state index contributed by atoms with van der Waals surface area (Å²) in [5.41, 5.74) is 6.54. The van der Waals surface area contributed by atoms with Crippen LogP contribution in [0.15, 0.2) is 12.1 Å². The van der Waals surface area contributed by atoms with Crippen LogP contribution >= 0.6 is 0 Å². The largest absolute Gasteiger partial charge is 0.476 e. The van der Waals surface area contributed by atoms with Gasteiger partial charge < -0.3 is 15.4 Å². The quantitative estimate of drug-likeness (QED) is 0.892. The van der Waals surface area contributed by atoms with Gasteiger partial charge in [0.1, 0.15) is 5.82 Å². The SMILES string of the molecule is CCCOc1nc(N2CCN(C)C(CC)C2)ccc1N. The van der Waals surface area contributed by atoms with Gasteiger partial charge in [0.05, 0.1) is 12.3 Å². The highest BCUT2D eigenvalue weighted by molar-refractivity contribution is 5.54. The fraction of sp³-hybridized carbons (Fsp3) is 0.667. The van der Waals surface area contributed by atoms with Gasteiger partial charge in [-0.1, -0.05) is 13.8 Å². The van der Waals surface area contributed by atoms with Crippen molar-refractivity contribution in [2.45, 2.75) is 32.7 Å². The van der Waals surface area contributed by atoms with E-state index in [9.17, 15) is 0 Å². The maximum absolute atomic E-state index is 5.92. The van der Waals surface area contributed by atoms with Crippen molar-refractivity contribution in [3.8, 4) is 5.88 Å². The maximum Gasteiger partial charge on any atom is 0.239 e. The third-order valence-corrected chi connectivity index (χ3v) is 3.89. The molecule has 20 heavy (non-hydrogen) atoms. The minimum Gasteiger partial charge on any atom is -0.476 e. The Bertz CT molecular complexity index is 438. The van der Waals surface area contributed by atoms with E-state index in [2.05, 4.69) is 35.7 Å². The molecule has 0 aliphatic carbocycles. The fourth-order valence-electron chi connectivity index (χ4n) is 2.53. The molecule has 1 aromatic rings. The number of hydrogen-bond acceptors (Lipinski definition) is 5. The maximum atomic E-state index is 5.92. The smallest absolute Gasteiger partial charge is 0.239 e. The van der Waals surface area contributed by atoms with Gasteiger partial charge in [-0.25, -0.2) is 0 Å². The lowest BCUT2D eigenvalue weighted by Gasteiger charge is -2.39. The molecule has 0 spiro atoms. The highest BCUT2D eigenvalue weighted by Gasteiger charge is 2.24. The number of likely N-dealkylation sites (N-methyl/N-ethyl adjacent to an activating group) is 1. The zero-order chi connectivity index (χ0) is 14.5. The molecule has 2 heterocycles. The van der Waals surface area contributed by atoms with Crippen LogP contribution in [0.2, 0.25) is 0 Å². The van der Waals surface area contributed by atoms with E-state index in [0.717, 1.165) is 38.3 Å². The number of aromatic nitrogens is 1. The van der Waals surface area contributed by atoms with Crippen molar-refractivity contribution in [2.75, 3.05) is 43.9 Å². The van der Waals surface area contributed by atoms with Gasteiger partial charge in [-0.2, -0.15) is 4.98 Å². The highest BCUT2D eigenvalue weighted by Crippen LogP contribution is 2.25. The van der Waals surface area contributed by atoms with Crippen molar-refractivity contribution in [1.82, 2.24) is 9.88 Å². The Kier molecular flexibility index (Phi) is 5.06. The van der Waals surface area contributed by atoms with E-state index in [1.54, 1.807) is 0 Å². The van der Waals surface area contributed by atoms with E-state index in [0.29, 0.717) is 24.2 Å². The molecule has 0 saturated carbocycles. The average molecular weight is 278 g/mol. The molecule has 112 valence electrons. The van der Waals surface area contributed by atoms with Crippen LogP contribution in [0, 0.1) is 0 Å². The van der Waals surface area contributed by atoms with Crippen LogP contribution < -0.4 is 15.4 Å². The lowest BCUT2D eigenvalue weighted by Crippen LogP contribution is -2.51. The molecular formula is C15H26N4O. The molecule has 2 N–H and O–H groups in total. The van der Waals surface area contributed by atoms with Crippen LogP contribution in [-0.2, 0) is 0 Å². The first-order valence-electron chi connectivity index (χ1n) is 7.50. The number of nitrogen functional groups attached to an aromatic ring is 1. The first-order chi connectivity index (χ1) is 9.65. The number of hydrogen-bond donors (Lipinski definition) is 1. The molecule has 1 atom stereocenters. The third-order valence-electron chi connectivity index (χ3n) is 3.89. The van der Waals surface area contributed by atoms with Gasteiger partial charge in [-0.15, -0.1) is 0 Å². The summed E-state index contributed by atoms with van der Waals surface area (Å²) in [6, 6.07) is 4.47. The van der Waals surface area contributed by atoms with Crippen LogP contribution in [0.5, 0.6) is 5.88 Å². The van der Waals surface area contributed by atoms with Gasteiger partial charge >= 0.3 is 0 Å². The zero-order valence-electron chi connectivity index (χ0n) is 12.8. The molecule has 1 unspecified atom stereocenters. The van der Waals surface area contributed by atoms with Crippen molar-refractivity contribution in [3.05, 3.63) is 12.1 Å². The summed E-state index contributed by atoms with van der Waals surface area (Å²) < 4.78 is 5.62. The number of anilines is 2. The summed E-state index contributed by atoms with van der Waals surface area (Å²) in [7, 11) is 2.19. The molecule has 5 nitrogen and oxygen atoms in total. The summed E-state index contributed by atoms with van der Waals surface area (Å²) >= 11 is 0.